The number of anilines is 1. The van der Waals surface area contributed by atoms with Crippen molar-refractivity contribution in [3.05, 3.63) is 11.9 Å². The lowest BCUT2D eigenvalue weighted by Crippen LogP contribution is -2.55. The number of rotatable bonds is 0. The molecule has 0 aromatic carbocycles. The predicted molar refractivity (Wildman–Crippen MR) is 90.3 cm³/mol. The smallest absolute Gasteiger partial charge is 0.226 e. The summed E-state index contributed by atoms with van der Waals surface area (Å²) in [5.74, 6) is 0.923. The van der Waals surface area contributed by atoms with E-state index in [1.54, 1.807) is 4.68 Å². The van der Waals surface area contributed by atoms with E-state index in [-0.39, 0.29) is 22.4 Å². The van der Waals surface area contributed by atoms with E-state index in [0.717, 1.165) is 18.4 Å². The van der Waals surface area contributed by atoms with Crippen LogP contribution in [0.5, 0.6) is 0 Å². The highest BCUT2D eigenvalue weighted by Crippen LogP contribution is 2.53. The minimum atomic E-state index is -0.509. The zero-order valence-electron chi connectivity index (χ0n) is 14.8. The third-order valence-corrected chi connectivity index (χ3v) is 5.49. The van der Waals surface area contributed by atoms with Crippen molar-refractivity contribution in [2.75, 3.05) is 5.32 Å². The van der Waals surface area contributed by atoms with Gasteiger partial charge in [0.15, 0.2) is 5.78 Å². The van der Waals surface area contributed by atoms with Crippen molar-refractivity contribution in [2.45, 2.75) is 65.3 Å². The summed E-state index contributed by atoms with van der Waals surface area (Å²) in [4.78, 5) is 29.7. The highest BCUT2D eigenvalue weighted by atomic mass is 16.1. The molecule has 1 aromatic heterocycles. The zero-order chi connectivity index (χ0) is 17.3. The second-order valence-electron chi connectivity index (χ2n) is 9.20. The van der Waals surface area contributed by atoms with Crippen LogP contribution in [0.3, 0.4) is 0 Å². The van der Waals surface area contributed by atoms with Crippen LogP contribution in [0, 0.1) is 10.8 Å². The number of fused-ring (bicyclic) bond motifs is 3. The molecule has 0 saturated heterocycles. The Hall–Kier alpha value is -1.98. The number of ketones is 2. The molecule has 3 aliphatic rings. The van der Waals surface area contributed by atoms with Crippen LogP contribution in [0.15, 0.2) is 11.9 Å². The fourth-order valence-corrected chi connectivity index (χ4v) is 4.91. The van der Waals surface area contributed by atoms with Gasteiger partial charge in [0.2, 0.25) is 5.95 Å². The van der Waals surface area contributed by atoms with Gasteiger partial charge in [0, 0.05) is 19.3 Å². The Labute approximate surface area is 141 Å². The molecule has 1 saturated carbocycles. The Morgan fingerprint density at radius 2 is 1.79 bits per heavy atom. The molecule has 1 aliphatic heterocycles. The summed E-state index contributed by atoms with van der Waals surface area (Å²) in [6, 6.07) is 0. The molecule has 128 valence electrons. The average Bonchev–Trinajstić information content (AvgIpc) is 2.82. The van der Waals surface area contributed by atoms with E-state index in [2.05, 4.69) is 43.1 Å². The van der Waals surface area contributed by atoms with Crippen LogP contribution in [0.2, 0.25) is 0 Å². The summed E-state index contributed by atoms with van der Waals surface area (Å²) in [7, 11) is 0. The van der Waals surface area contributed by atoms with Crippen molar-refractivity contribution in [3.63, 3.8) is 0 Å². The lowest BCUT2D eigenvalue weighted by Gasteiger charge is -2.51. The molecule has 2 aliphatic carbocycles. The fourth-order valence-electron chi connectivity index (χ4n) is 4.91. The van der Waals surface area contributed by atoms with E-state index in [1.807, 2.05) is 0 Å². The van der Waals surface area contributed by atoms with Crippen molar-refractivity contribution in [1.82, 2.24) is 14.8 Å². The van der Waals surface area contributed by atoms with E-state index in [4.69, 9.17) is 0 Å². The van der Waals surface area contributed by atoms with Gasteiger partial charge in [0.25, 0.3) is 0 Å². The van der Waals surface area contributed by atoms with Crippen molar-refractivity contribution in [2.24, 2.45) is 10.8 Å². The van der Waals surface area contributed by atoms with Gasteiger partial charge >= 0.3 is 0 Å². The van der Waals surface area contributed by atoms with E-state index in [9.17, 15) is 9.59 Å². The molecular formula is C18H24N4O2. The van der Waals surface area contributed by atoms with Gasteiger partial charge in [-0.05, 0) is 29.2 Å². The maximum Gasteiger partial charge on any atom is 0.226 e. The monoisotopic (exact) mass is 328 g/mol. The molecule has 0 bridgehead atoms. The number of Topliss-reactive ketones (excluding diaryl/α,β-unsaturated/α-hetero) is 2. The molecule has 0 amide bonds. The first-order valence-electron chi connectivity index (χ1n) is 8.58. The Bertz CT molecular complexity index is 787. The molecular weight excluding hydrogens is 304 g/mol. The molecule has 6 heteroatoms. The molecule has 1 atom stereocenters. The maximum absolute atomic E-state index is 12.9. The molecule has 2 heterocycles. The Balaban J connectivity index is 1.94. The van der Waals surface area contributed by atoms with E-state index in [1.165, 1.54) is 6.33 Å². The molecule has 1 spiro atoms. The second-order valence-corrected chi connectivity index (χ2v) is 9.20. The first kappa shape index (κ1) is 15.5. The number of nitrogens with zero attached hydrogens (tertiary/aromatic N) is 3. The van der Waals surface area contributed by atoms with Crippen molar-refractivity contribution >= 4 is 23.2 Å². The standard InChI is InChI=1S/C18H24N4O2/c1-16(2)7-12-14(13(24)8-16)22-15(19-10-20-22)21-18(12)6-11(23)5-17(3,4)9-18/h10H,5-9H2,1-4H3,(H,19,20,21). The van der Waals surface area contributed by atoms with Crippen LogP contribution in [-0.2, 0) is 9.59 Å². The lowest BCUT2D eigenvalue weighted by atomic mass is 9.60. The Kier molecular flexibility index (Phi) is 2.95. The number of hydrogen-bond acceptors (Lipinski definition) is 5. The normalized spacial score (nSPS) is 30.8. The van der Waals surface area contributed by atoms with Crippen LogP contribution in [0.1, 0.15) is 59.8 Å². The average molecular weight is 328 g/mol. The highest BCUT2D eigenvalue weighted by molar-refractivity contribution is 6.18. The summed E-state index contributed by atoms with van der Waals surface area (Å²) in [5.41, 5.74) is 0.972. The van der Waals surface area contributed by atoms with Crippen molar-refractivity contribution in [3.8, 4) is 0 Å². The first-order chi connectivity index (χ1) is 11.1. The summed E-state index contributed by atoms with van der Waals surface area (Å²) >= 11 is 0. The summed E-state index contributed by atoms with van der Waals surface area (Å²) < 4.78 is 1.63. The van der Waals surface area contributed by atoms with Gasteiger partial charge in [-0.15, -0.1) is 0 Å². The molecule has 1 unspecified atom stereocenters. The zero-order valence-corrected chi connectivity index (χ0v) is 14.8. The molecule has 24 heavy (non-hydrogen) atoms. The summed E-state index contributed by atoms with van der Waals surface area (Å²) in [6.07, 6.45) is 4.59. The van der Waals surface area contributed by atoms with E-state index in [0.29, 0.717) is 30.9 Å². The van der Waals surface area contributed by atoms with E-state index >= 15 is 0 Å². The quantitative estimate of drug-likeness (QED) is 0.792. The summed E-state index contributed by atoms with van der Waals surface area (Å²) in [5, 5.41) is 7.75. The van der Waals surface area contributed by atoms with Crippen LogP contribution in [0.4, 0.5) is 5.95 Å². The molecule has 1 aromatic rings. The van der Waals surface area contributed by atoms with Crippen molar-refractivity contribution in [1.29, 1.82) is 0 Å². The van der Waals surface area contributed by atoms with Gasteiger partial charge in [-0.3, -0.25) is 9.59 Å². The van der Waals surface area contributed by atoms with Crippen LogP contribution in [-0.4, -0.2) is 31.9 Å². The van der Waals surface area contributed by atoms with Gasteiger partial charge in [0.1, 0.15) is 17.8 Å². The van der Waals surface area contributed by atoms with Gasteiger partial charge in [-0.2, -0.15) is 14.8 Å². The van der Waals surface area contributed by atoms with Gasteiger partial charge in [-0.1, -0.05) is 27.7 Å². The number of carbonyl (C=O) groups excluding carboxylic acids is 2. The largest absolute Gasteiger partial charge is 0.344 e. The maximum atomic E-state index is 12.9. The third-order valence-electron chi connectivity index (χ3n) is 5.49. The second kappa shape index (κ2) is 4.55. The molecule has 1 fully saturated rings. The Morgan fingerprint density at radius 1 is 1.04 bits per heavy atom. The van der Waals surface area contributed by atoms with Crippen LogP contribution >= 0.6 is 0 Å². The predicted octanol–water partition coefficient (Wildman–Crippen LogP) is 2.82. The van der Waals surface area contributed by atoms with Gasteiger partial charge in [0.05, 0.1) is 5.54 Å². The van der Waals surface area contributed by atoms with Crippen molar-refractivity contribution < 1.29 is 9.59 Å². The third kappa shape index (κ3) is 2.23. The van der Waals surface area contributed by atoms with Crippen LogP contribution in [0.25, 0.3) is 5.70 Å². The van der Waals surface area contributed by atoms with Crippen LogP contribution < -0.4 is 5.32 Å². The van der Waals surface area contributed by atoms with Gasteiger partial charge in [-0.25, -0.2) is 0 Å². The first-order valence-corrected chi connectivity index (χ1v) is 8.58. The SMILES string of the molecule is CC1(C)CC(=O)C2=C(C1)C1(CC(=O)CC(C)(C)C1)Nc1ncnn12. The topological polar surface area (TPSA) is 76.9 Å². The minimum Gasteiger partial charge on any atom is -0.344 e. The summed E-state index contributed by atoms with van der Waals surface area (Å²) in [6.45, 7) is 8.50. The lowest BCUT2D eigenvalue weighted by molar-refractivity contribution is -0.125. The molecule has 6 nitrogen and oxygen atoms in total. The number of allylic oxidation sites excluding steroid dienone is 1. The number of nitrogens with one attached hydrogen (secondary N) is 1. The minimum absolute atomic E-state index is 0.102. The molecule has 4 rings (SSSR count). The number of carbonyl (C=O) groups is 2. The fraction of sp³-hybridized carbons (Fsp3) is 0.667. The highest BCUT2D eigenvalue weighted by Gasteiger charge is 2.53. The van der Waals surface area contributed by atoms with E-state index < -0.39 is 5.54 Å². The molecule has 0 radical (unpaired) electrons. The van der Waals surface area contributed by atoms with Gasteiger partial charge < -0.3 is 5.32 Å². The number of hydrogen-bond donors (Lipinski definition) is 1. The number of aromatic nitrogens is 3. The Morgan fingerprint density at radius 3 is 2.50 bits per heavy atom. The molecule has 1 N–H and O–H groups in total.